The van der Waals surface area contributed by atoms with E-state index in [0.717, 1.165) is 19.8 Å². The zero-order valence-electron chi connectivity index (χ0n) is 18.3. The standard InChI is InChI=1S/C13H9BrN2O.C7H6Br2.C6H4N2O/c14-12-3-1-2-10(6-12)8-16-9-11(7-15)4-5-13(16)17;8-5-6-2-1-3-7(9)4-6;7-3-5-1-2-6(9)8-4-5/h1-6,9H,8H2;1-4H,5H2;1-2,4H,(H,8,9). The molecule has 9 heteroatoms. The van der Waals surface area contributed by atoms with E-state index >= 15 is 0 Å². The molecule has 0 aliphatic heterocycles. The zero-order valence-corrected chi connectivity index (χ0v) is 23.0. The van der Waals surface area contributed by atoms with Crippen LogP contribution in [0.3, 0.4) is 0 Å². The Kier molecular flexibility index (Phi) is 11.9. The van der Waals surface area contributed by atoms with E-state index in [1.54, 1.807) is 6.20 Å². The van der Waals surface area contributed by atoms with Gasteiger partial charge in [0.25, 0.3) is 5.56 Å². The molecule has 0 amide bonds. The number of alkyl halides is 1. The molecule has 6 nitrogen and oxygen atoms in total. The van der Waals surface area contributed by atoms with E-state index in [1.165, 1.54) is 40.6 Å². The van der Waals surface area contributed by atoms with E-state index in [1.807, 2.05) is 48.5 Å². The molecule has 2 aromatic heterocycles. The highest BCUT2D eigenvalue weighted by Crippen LogP contribution is 2.13. The molecule has 2 heterocycles. The van der Waals surface area contributed by atoms with Gasteiger partial charge in [-0.25, -0.2) is 0 Å². The first-order valence-corrected chi connectivity index (χ1v) is 12.8. The first kappa shape index (κ1) is 28.0. The fourth-order valence-electron chi connectivity index (χ4n) is 2.65. The van der Waals surface area contributed by atoms with Gasteiger partial charge in [-0.1, -0.05) is 72.1 Å². The van der Waals surface area contributed by atoms with Crippen LogP contribution in [0.4, 0.5) is 0 Å². The number of nitriles is 2. The molecule has 0 bridgehead atoms. The van der Waals surface area contributed by atoms with Crippen molar-refractivity contribution < 1.29 is 0 Å². The number of nitrogens with zero attached hydrogens (tertiary/aromatic N) is 3. The maximum Gasteiger partial charge on any atom is 0.250 e. The lowest BCUT2D eigenvalue weighted by atomic mass is 10.2. The lowest BCUT2D eigenvalue weighted by Crippen LogP contribution is -2.19. The second-order valence-corrected chi connectivity index (χ2v) is 9.33. The van der Waals surface area contributed by atoms with E-state index in [2.05, 4.69) is 64.9 Å². The molecule has 0 fully saturated rings. The summed E-state index contributed by atoms with van der Waals surface area (Å²) in [4.78, 5) is 24.4. The maximum absolute atomic E-state index is 11.6. The average Bonchev–Trinajstić information content (AvgIpc) is 2.87. The molecule has 0 radical (unpaired) electrons. The molecule has 4 rings (SSSR count). The highest BCUT2D eigenvalue weighted by atomic mass is 79.9. The predicted octanol–water partition coefficient (Wildman–Crippen LogP) is 6.12. The molecule has 0 unspecified atom stereocenters. The minimum atomic E-state index is -0.186. The minimum absolute atomic E-state index is 0.107. The van der Waals surface area contributed by atoms with Gasteiger partial charge in [0.1, 0.15) is 12.1 Å². The van der Waals surface area contributed by atoms with Gasteiger partial charge in [0.15, 0.2) is 0 Å². The number of aromatic amines is 1. The summed E-state index contributed by atoms with van der Waals surface area (Å²) >= 11 is 10.1. The Labute approximate surface area is 227 Å². The summed E-state index contributed by atoms with van der Waals surface area (Å²) < 4.78 is 3.64. The monoisotopic (exact) mass is 656 g/mol. The molecule has 35 heavy (non-hydrogen) atoms. The van der Waals surface area contributed by atoms with Crippen molar-refractivity contribution in [1.82, 2.24) is 9.55 Å². The topological polar surface area (TPSA) is 102 Å². The second-order valence-electron chi connectivity index (χ2n) is 6.94. The highest BCUT2D eigenvalue weighted by molar-refractivity contribution is 9.10. The van der Waals surface area contributed by atoms with Crippen LogP contribution < -0.4 is 11.1 Å². The highest BCUT2D eigenvalue weighted by Gasteiger charge is 2.00. The van der Waals surface area contributed by atoms with Gasteiger partial charge in [-0.15, -0.1) is 0 Å². The van der Waals surface area contributed by atoms with Crippen LogP contribution in [0.5, 0.6) is 0 Å². The number of hydrogen-bond donors (Lipinski definition) is 1. The Morgan fingerprint density at radius 3 is 1.91 bits per heavy atom. The van der Waals surface area contributed by atoms with Crippen molar-refractivity contribution >= 4 is 47.8 Å². The smallest absolute Gasteiger partial charge is 0.250 e. The lowest BCUT2D eigenvalue weighted by molar-refractivity contribution is 0.757. The zero-order chi connectivity index (χ0) is 25.6. The number of hydrogen-bond acceptors (Lipinski definition) is 4. The third-order valence-corrected chi connectivity index (χ3v) is 5.95. The normalized spacial score (nSPS) is 9.40. The molecular formula is C26H19Br3N4O2. The molecular weight excluding hydrogens is 640 g/mol. The Balaban J connectivity index is 0.000000203. The number of benzene rings is 2. The van der Waals surface area contributed by atoms with Gasteiger partial charge < -0.3 is 9.55 Å². The molecule has 1 N–H and O–H groups in total. The van der Waals surface area contributed by atoms with Crippen molar-refractivity contribution in [3.8, 4) is 12.1 Å². The fourth-order valence-corrected chi connectivity index (χ4v) is 3.90. The van der Waals surface area contributed by atoms with Crippen LogP contribution in [-0.2, 0) is 11.9 Å². The van der Waals surface area contributed by atoms with Gasteiger partial charge in [0.2, 0.25) is 5.56 Å². The van der Waals surface area contributed by atoms with Crippen LogP contribution in [0.1, 0.15) is 22.3 Å². The summed E-state index contributed by atoms with van der Waals surface area (Å²) in [6.45, 7) is 0.466. The van der Waals surface area contributed by atoms with Crippen molar-refractivity contribution in [2.75, 3.05) is 0 Å². The van der Waals surface area contributed by atoms with Crippen molar-refractivity contribution in [1.29, 1.82) is 10.5 Å². The molecule has 0 saturated heterocycles. The Morgan fingerprint density at radius 2 is 1.40 bits per heavy atom. The minimum Gasteiger partial charge on any atom is -0.328 e. The van der Waals surface area contributed by atoms with Gasteiger partial charge in [-0.05, 0) is 47.5 Å². The number of pyridine rings is 2. The Bertz CT molecular complexity index is 1450. The Morgan fingerprint density at radius 1 is 0.800 bits per heavy atom. The first-order chi connectivity index (χ1) is 16.8. The maximum atomic E-state index is 11.6. The van der Waals surface area contributed by atoms with Crippen LogP contribution in [0.2, 0.25) is 0 Å². The van der Waals surface area contributed by atoms with E-state index < -0.39 is 0 Å². The first-order valence-electron chi connectivity index (χ1n) is 10.1. The van der Waals surface area contributed by atoms with Crippen molar-refractivity contribution in [3.05, 3.63) is 137 Å². The summed E-state index contributed by atoms with van der Waals surface area (Å²) in [6.07, 6.45) is 2.95. The van der Waals surface area contributed by atoms with E-state index in [0.29, 0.717) is 17.7 Å². The summed E-state index contributed by atoms with van der Waals surface area (Å²) in [5.41, 5.74) is 2.97. The quantitative estimate of drug-likeness (QED) is 0.268. The molecule has 0 saturated carbocycles. The second kappa shape index (κ2) is 14.9. The van der Waals surface area contributed by atoms with Crippen LogP contribution >= 0.6 is 47.8 Å². The third kappa shape index (κ3) is 10.3. The number of halogens is 3. The van der Waals surface area contributed by atoms with Gasteiger partial charge in [-0.3, -0.25) is 9.59 Å². The van der Waals surface area contributed by atoms with Crippen molar-refractivity contribution in [2.24, 2.45) is 0 Å². The average molecular weight is 659 g/mol. The molecule has 0 aliphatic carbocycles. The SMILES string of the molecule is BrCc1cccc(Br)c1.N#Cc1ccc(=O)[nH]c1.N#Cc1ccc(=O)n(Cc2cccc(Br)c2)c1. The van der Waals surface area contributed by atoms with Crippen LogP contribution in [0.25, 0.3) is 0 Å². The summed E-state index contributed by atoms with van der Waals surface area (Å²) in [5.74, 6) is 0. The fraction of sp³-hybridized carbons (Fsp3) is 0.0769. The van der Waals surface area contributed by atoms with Crippen molar-refractivity contribution in [2.45, 2.75) is 11.9 Å². The molecule has 0 aliphatic rings. The number of nitrogens with one attached hydrogen (secondary N) is 1. The van der Waals surface area contributed by atoms with Gasteiger partial charge in [-0.2, -0.15) is 10.5 Å². The van der Waals surface area contributed by atoms with Crippen molar-refractivity contribution in [3.63, 3.8) is 0 Å². The van der Waals surface area contributed by atoms with Crippen LogP contribution in [-0.4, -0.2) is 9.55 Å². The van der Waals surface area contributed by atoms with Crippen LogP contribution in [0, 0.1) is 22.7 Å². The number of aromatic nitrogens is 2. The van der Waals surface area contributed by atoms with E-state index in [-0.39, 0.29) is 11.1 Å². The largest absolute Gasteiger partial charge is 0.328 e. The number of rotatable bonds is 3. The van der Waals surface area contributed by atoms with Gasteiger partial charge in [0, 0.05) is 38.8 Å². The molecule has 0 atom stereocenters. The predicted molar refractivity (Wildman–Crippen MR) is 147 cm³/mol. The molecule has 176 valence electrons. The van der Waals surface area contributed by atoms with Gasteiger partial charge in [0.05, 0.1) is 17.7 Å². The summed E-state index contributed by atoms with van der Waals surface area (Å²) in [7, 11) is 0. The molecule has 0 spiro atoms. The van der Waals surface area contributed by atoms with Crippen LogP contribution in [0.15, 0.2) is 104 Å². The summed E-state index contributed by atoms with van der Waals surface area (Å²) in [5, 5.41) is 18.0. The van der Waals surface area contributed by atoms with E-state index in [4.69, 9.17) is 10.5 Å². The summed E-state index contributed by atoms with van der Waals surface area (Å²) in [6, 6.07) is 25.6. The Hall–Kier alpha value is -3.24. The molecule has 2 aromatic carbocycles. The molecule has 4 aromatic rings. The van der Waals surface area contributed by atoms with Gasteiger partial charge >= 0.3 is 0 Å². The lowest BCUT2D eigenvalue weighted by Gasteiger charge is -2.06. The van der Waals surface area contributed by atoms with E-state index in [9.17, 15) is 9.59 Å². The number of H-pyrrole nitrogens is 1. The third-order valence-electron chi connectivity index (χ3n) is 4.31.